The molecule has 0 saturated carbocycles. The number of ether oxygens (including phenoxy) is 2. The molecule has 30 heavy (non-hydrogen) atoms. The molecule has 3 rings (SSSR count). The van der Waals surface area contributed by atoms with Crippen LogP contribution in [0.2, 0.25) is 0 Å². The van der Waals surface area contributed by atoms with E-state index in [9.17, 15) is 21.6 Å². The second-order valence-corrected chi connectivity index (χ2v) is 8.74. The van der Waals surface area contributed by atoms with Gasteiger partial charge in [-0.3, -0.25) is 4.68 Å². The topological polar surface area (TPSA) is 82.5 Å². The number of rotatable bonds is 8. The van der Waals surface area contributed by atoms with Crippen molar-refractivity contribution in [2.24, 2.45) is 0 Å². The molecule has 11 heteroatoms. The first-order valence-corrected chi connectivity index (χ1v) is 11.1. The van der Waals surface area contributed by atoms with E-state index in [-0.39, 0.29) is 30.2 Å². The van der Waals surface area contributed by atoms with Crippen LogP contribution in [0.4, 0.5) is 13.2 Å². The van der Waals surface area contributed by atoms with E-state index in [1.54, 1.807) is 13.0 Å². The van der Waals surface area contributed by atoms with E-state index in [4.69, 9.17) is 9.47 Å². The number of hydrogen-bond acceptors (Lipinski definition) is 5. The first-order valence-electron chi connectivity index (χ1n) is 9.60. The van der Waals surface area contributed by atoms with Gasteiger partial charge in [0, 0.05) is 24.2 Å². The summed E-state index contributed by atoms with van der Waals surface area (Å²) in [6.45, 7) is 4.29. The highest BCUT2D eigenvalue weighted by molar-refractivity contribution is 7.89. The average molecular weight is 447 g/mol. The second-order valence-electron chi connectivity index (χ2n) is 6.97. The van der Waals surface area contributed by atoms with Gasteiger partial charge in [0.2, 0.25) is 10.0 Å². The predicted octanol–water partition coefficient (Wildman–Crippen LogP) is 3.05. The maximum Gasteiger partial charge on any atom is 0.435 e. The first-order chi connectivity index (χ1) is 14.1. The van der Waals surface area contributed by atoms with E-state index in [1.165, 1.54) is 16.8 Å². The van der Waals surface area contributed by atoms with Crippen molar-refractivity contribution in [3.63, 3.8) is 0 Å². The highest BCUT2D eigenvalue weighted by Crippen LogP contribution is 2.34. The number of fused-ring (bicyclic) bond motifs is 1. The van der Waals surface area contributed by atoms with Crippen molar-refractivity contribution >= 4 is 10.0 Å². The van der Waals surface area contributed by atoms with Crippen molar-refractivity contribution < 1.29 is 31.1 Å². The maximum atomic E-state index is 13.2. The standard InChI is InChI=1S/C19H24F3N3O4S/c1-3-9-29-17-5-4-14(11-13(17)2)30(26,27)23-7-8-25-16-6-10-28-12-15(16)18(24-25)19(20,21)22/h4-5,11,23H,3,6-10,12H2,1-2H3. The molecule has 1 aliphatic rings. The predicted molar refractivity (Wildman–Crippen MR) is 103 cm³/mol. The quantitative estimate of drug-likeness (QED) is 0.673. The van der Waals surface area contributed by atoms with E-state index >= 15 is 0 Å². The summed E-state index contributed by atoms with van der Waals surface area (Å²) in [5.74, 6) is 0.612. The molecule has 0 aliphatic carbocycles. The molecule has 0 atom stereocenters. The Kier molecular flexibility index (Phi) is 6.73. The molecule has 2 heterocycles. The Bertz CT molecular complexity index is 1000. The average Bonchev–Trinajstić information content (AvgIpc) is 3.06. The lowest BCUT2D eigenvalue weighted by Gasteiger charge is -2.16. The van der Waals surface area contributed by atoms with Crippen LogP contribution >= 0.6 is 0 Å². The van der Waals surface area contributed by atoms with Crippen LogP contribution in [0.25, 0.3) is 0 Å². The van der Waals surface area contributed by atoms with E-state index < -0.39 is 21.9 Å². The van der Waals surface area contributed by atoms with E-state index in [1.807, 2.05) is 6.92 Å². The normalized spacial score (nSPS) is 14.6. The summed E-state index contributed by atoms with van der Waals surface area (Å²) < 4.78 is 79.1. The molecule has 166 valence electrons. The Hall–Kier alpha value is -2.11. The van der Waals surface area contributed by atoms with Crippen molar-refractivity contribution in [3.05, 3.63) is 40.7 Å². The number of aryl methyl sites for hydroxylation is 1. The van der Waals surface area contributed by atoms with Crippen molar-refractivity contribution in [2.75, 3.05) is 19.8 Å². The maximum absolute atomic E-state index is 13.2. The fourth-order valence-electron chi connectivity index (χ4n) is 3.25. The zero-order valence-electron chi connectivity index (χ0n) is 16.8. The van der Waals surface area contributed by atoms with E-state index in [0.717, 1.165) is 6.42 Å². The van der Waals surface area contributed by atoms with Gasteiger partial charge < -0.3 is 9.47 Å². The molecule has 1 N–H and O–H groups in total. The van der Waals surface area contributed by atoms with Gasteiger partial charge >= 0.3 is 6.18 Å². The van der Waals surface area contributed by atoms with Gasteiger partial charge in [-0.1, -0.05) is 6.92 Å². The molecule has 2 aromatic rings. The number of halogens is 3. The SMILES string of the molecule is CCCOc1ccc(S(=O)(=O)NCCn2nc(C(F)(F)F)c3c2CCOC3)cc1C. The van der Waals surface area contributed by atoms with Crippen LogP contribution in [-0.2, 0) is 40.5 Å². The monoisotopic (exact) mass is 447 g/mol. The van der Waals surface area contributed by atoms with Crippen LogP contribution in [-0.4, -0.2) is 38.0 Å². The molecular weight excluding hydrogens is 423 g/mol. The lowest BCUT2D eigenvalue weighted by atomic mass is 10.1. The fourth-order valence-corrected chi connectivity index (χ4v) is 4.36. The lowest BCUT2D eigenvalue weighted by molar-refractivity contribution is -0.142. The van der Waals surface area contributed by atoms with Gasteiger partial charge in [-0.15, -0.1) is 0 Å². The third-order valence-corrected chi connectivity index (χ3v) is 6.16. The summed E-state index contributed by atoms with van der Waals surface area (Å²) in [4.78, 5) is 0.0655. The summed E-state index contributed by atoms with van der Waals surface area (Å²) in [6, 6.07) is 4.54. The molecule has 0 saturated heterocycles. The molecule has 0 radical (unpaired) electrons. The molecule has 0 amide bonds. The van der Waals surface area contributed by atoms with Gasteiger partial charge in [-0.2, -0.15) is 18.3 Å². The number of alkyl halides is 3. The molecule has 7 nitrogen and oxygen atoms in total. The number of sulfonamides is 1. The van der Waals surface area contributed by atoms with Gasteiger partial charge in [-0.05, 0) is 37.1 Å². The first kappa shape index (κ1) is 22.6. The Morgan fingerprint density at radius 2 is 2.10 bits per heavy atom. The van der Waals surface area contributed by atoms with Gasteiger partial charge in [0.15, 0.2) is 5.69 Å². The van der Waals surface area contributed by atoms with Gasteiger partial charge in [-0.25, -0.2) is 13.1 Å². The molecule has 1 aliphatic heterocycles. The number of aromatic nitrogens is 2. The Morgan fingerprint density at radius 3 is 2.77 bits per heavy atom. The van der Waals surface area contributed by atoms with Gasteiger partial charge in [0.25, 0.3) is 0 Å². The molecule has 1 aromatic carbocycles. The Balaban J connectivity index is 1.70. The number of benzene rings is 1. The molecule has 0 bridgehead atoms. The smallest absolute Gasteiger partial charge is 0.435 e. The third kappa shape index (κ3) is 4.96. The highest BCUT2D eigenvalue weighted by Gasteiger charge is 2.39. The Labute approximate surface area is 173 Å². The summed E-state index contributed by atoms with van der Waals surface area (Å²) in [5, 5.41) is 3.67. The van der Waals surface area contributed by atoms with Gasteiger partial charge in [0.05, 0.1) is 31.3 Å². The molecule has 0 fully saturated rings. The fraction of sp³-hybridized carbons (Fsp3) is 0.526. The third-order valence-electron chi connectivity index (χ3n) is 4.70. The Morgan fingerprint density at radius 1 is 1.33 bits per heavy atom. The second kappa shape index (κ2) is 8.94. The minimum absolute atomic E-state index is 0.0195. The van der Waals surface area contributed by atoms with Crippen LogP contribution in [0.5, 0.6) is 5.75 Å². The summed E-state index contributed by atoms with van der Waals surface area (Å²) in [6.07, 6.45) is -3.46. The summed E-state index contributed by atoms with van der Waals surface area (Å²) >= 11 is 0. The largest absolute Gasteiger partial charge is 0.493 e. The zero-order chi connectivity index (χ0) is 21.9. The van der Waals surface area contributed by atoms with Crippen molar-refractivity contribution in [1.82, 2.24) is 14.5 Å². The summed E-state index contributed by atoms with van der Waals surface area (Å²) in [5.41, 5.74) is 0.164. The molecule has 0 spiro atoms. The minimum Gasteiger partial charge on any atom is -0.493 e. The van der Waals surface area contributed by atoms with Crippen molar-refractivity contribution in [2.45, 2.75) is 50.9 Å². The van der Waals surface area contributed by atoms with Crippen molar-refractivity contribution in [1.29, 1.82) is 0 Å². The number of hydrogen-bond donors (Lipinski definition) is 1. The number of nitrogens with zero attached hydrogens (tertiary/aromatic N) is 2. The van der Waals surface area contributed by atoms with E-state index in [0.29, 0.717) is 36.6 Å². The number of nitrogens with one attached hydrogen (secondary N) is 1. The van der Waals surface area contributed by atoms with E-state index in [2.05, 4.69) is 9.82 Å². The molecule has 1 aromatic heterocycles. The summed E-state index contributed by atoms with van der Waals surface area (Å²) in [7, 11) is -3.83. The van der Waals surface area contributed by atoms with Crippen LogP contribution < -0.4 is 9.46 Å². The van der Waals surface area contributed by atoms with Crippen LogP contribution in [0.3, 0.4) is 0 Å². The highest BCUT2D eigenvalue weighted by atomic mass is 32.2. The van der Waals surface area contributed by atoms with Crippen LogP contribution in [0, 0.1) is 6.92 Å². The van der Waals surface area contributed by atoms with Crippen molar-refractivity contribution in [3.8, 4) is 5.75 Å². The van der Waals surface area contributed by atoms with Crippen LogP contribution in [0.1, 0.15) is 35.9 Å². The zero-order valence-corrected chi connectivity index (χ0v) is 17.6. The minimum atomic E-state index is -4.59. The lowest BCUT2D eigenvalue weighted by Crippen LogP contribution is -2.28. The van der Waals surface area contributed by atoms with Gasteiger partial charge in [0.1, 0.15) is 5.75 Å². The molecule has 0 unspecified atom stereocenters. The molecular formula is C19H24F3N3O4S. The van der Waals surface area contributed by atoms with Crippen LogP contribution in [0.15, 0.2) is 23.1 Å².